The molecule has 1 heterocycles. The molecule has 0 unspecified atom stereocenters. The molecule has 4 heteroatoms. The van der Waals surface area contributed by atoms with Gasteiger partial charge in [-0.1, -0.05) is 34.1 Å². The molecule has 0 radical (unpaired) electrons. The molecule has 0 spiro atoms. The average molecular weight is 330 g/mol. The van der Waals surface area contributed by atoms with E-state index in [2.05, 4.69) is 37.9 Å². The standard InChI is InChI=1S/C16H16BrN3/c1-11-8-16(14(9-18)12(2)19-11)20(3)10-13-6-4-5-7-15(13)17/h4-8H,10H2,1-3H3. The molecule has 1 aromatic heterocycles. The number of pyridine rings is 1. The van der Waals surface area contributed by atoms with Crippen LogP contribution in [0.25, 0.3) is 0 Å². The van der Waals surface area contributed by atoms with Gasteiger partial charge in [0.1, 0.15) is 6.07 Å². The molecule has 0 aliphatic carbocycles. The second-order valence-corrected chi connectivity index (χ2v) is 5.66. The summed E-state index contributed by atoms with van der Waals surface area (Å²) in [4.78, 5) is 6.44. The van der Waals surface area contributed by atoms with Crippen LogP contribution >= 0.6 is 15.9 Å². The van der Waals surface area contributed by atoms with E-state index in [1.54, 1.807) is 0 Å². The normalized spacial score (nSPS) is 10.2. The molecule has 0 aliphatic heterocycles. The maximum atomic E-state index is 9.33. The molecule has 0 atom stereocenters. The van der Waals surface area contributed by atoms with Crippen molar-refractivity contribution < 1.29 is 0 Å². The number of rotatable bonds is 3. The van der Waals surface area contributed by atoms with Gasteiger partial charge in [-0.3, -0.25) is 4.98 Å². The van der Waals surface area contributed by atoms with Crippen LogP contribution < -0.4 is 4.90 Å². The first-order valence-corrected chi connectivity index (χ1v) is 7.15. The highest BCUT2D eigenvalue weighted by atomic mass is 79.9. The van der Waals surface area contributed by atoms with Crippen molar-refractivity contribution in [3.05, 3.63) is 57.3 Å². The van der Waals surface area contributed by atoms with E-state index in [0.717, 1.165) is 28.1 Å². The van der Waals surface area contributed by atoms with Crippen molar-refractivity contribution in [2.24, 2.45) is 0 Å². The number of hydrogen-bond donors (Lipinski definition) is 0. The Kier molecular flexibility index (Phi) is 4.41. The Morgan fingerprint density at radius 1 is 1.30 bits per heavy atom. The van der Waals surface area contributed by atoms with Crippen LogP contribution in [0.4, 0.5) is 5.69 Å². The number of nitrogens with zero attached hydrogens (tertiary/aromatic N) is 3. The van der Waals surface area contributed by atoms with E-state index in [9.17, 15) is 5.26 Å². The van der Waals surface area contributed by atoms with Crippen LogP contribution in [0.15, 0.2) is 34.8 Å². The molecule has 3 nitrogen and oxygen atoms in total. The largest absolute Gasteiger partial charge is 0.369 e. The summed E-state index contributed by atoms with van der Waals surface area (Å²) in [6.45, 7) is 4.56. The minimum absolute atomic E-state index is 0.644. The zero-order valence-electron chi connectivity index (χ0n) is 11.8. The molecule has 0 saturated heterocycles. The number of benzene rings is 1. The zero-order chi connectivity index (χ0) is 14.7. The Morgan fingerprint density at radius 2 is 2.00 bits per heavy atom. The minimum Gasteiger partial charge on any atom is -0.369 e. The first kappa shape index (κ1) is 14.5. The topological polar surface area (TPSA) is 39.9 Å². The molecule has 0 aliphatic rings. The lowest BCUT2D eigenvalue weighted by Crippen LogP contribution is -2.19. The number of anilines is 1. The summed E-state index contributed by atoms with van der Waals surface area (Å²) >= 11 is 3.56. The van der Waals surface area contributed by atoms with Gasteiger partial charge < -0.3 is 4.90 Å². The Hall–Kier alpha value is -1.86. The van der Waals surface area contributed by atoms with Gasteiger partial charge in [0.15, 0.2) is 0 Å². The summed E-state index contributed by atoms with van der Waals surface area (Å²) in [7, 11) is 1.99. The van der Waals surface area contributed by atoms with Crippen LogP contribution in [0, 0.1) is 25.2 Å². The second kappa shape index (κ2) is 6.06. The van der Waals surface area contributed by atoms with Gasteiger partial charge in [-0.2, -0.15) is 5.26 Å². The molecule has 0 saturated carbocycles. The lowest BCUT2D eigenvalue weighted by atomic mass is 10.1. The molecule has 0 amide bonds. The number of hydrogen-bond acceptors (Lipinski definition) is 3. The van der Waals surface area contributed by atoms with E-state index in [1.807, 2.05) is 45.2 Å². The summed E-state index contributed by atoms with van der Waals surface area (Å²) in [6.07, 6.45) is 0. The monoisotopic (exact) mass is 329 g/mol. The van der Waals surface area contributed by atoms with Crippen LogP contribution in [-0.2, 0) is 6.54 Å². The summed E-state index contributed by atoms with van der Waals surface area (Å²) in [5, 5.41) is 9.33. The minimum atomic E-state index is 0.644. The number of halogens is 1. The summed E-state index contributed by atoms with van der Waals surface area (Å²) < 4.78 is 1.08. The first-order valence-electron chi connectivity index (χ1n) is 6.36. The van der Waals surface area contributed by atoms with E-state index >= 15 is 0 Å². The van der Waals surface area contributed by atoms with Crippen molar-refractivity contribution in [1.29, 1.82) is 5.26 Å². The van der Waals surface area contributed by atoms with Crippen molar-refractivity contribution in [2.75, 3.05) is 11.9 Å². The smallest absolute Gasteiger partial charge is 0.103 e. The zero-order valence-corrected chi connectivity index (χ0v) is 13.4. The van der Waals surface area contributed by atoms with Gasteiger partial charge in [-0.25, -0.2) is 0 Å². The average Bonchev–Trinajstić information content (AvgIpc) is 2.40. The predicted octanol–water partition coefficient (Wildman–Crippen LogP) is 3.97. The van der Waals surface area contributed by atoms with E-state index in [4.69, 9.17) is 0 Å². The van der Waals surface area contributed by atoms with E-state index in [1.165, 1.54) is 5.56 Å². The Labute approximate surface area is 128 Å². The highest BCUT2D eigenvalue weighted by molar-refractivity contribution is 9.10. The third-order valence-corrected chi connectivity index (χ3v) is 3.97. The van der Waals surface area contributed by atoms with Gasteiger partial charge in [0.25, 0.3) is 0 Å². The Morgan fingerprint density at radius 3 is 2.65 bits per heavy atom. The summed E-state index contributed by atoms with van der Waals surface area (Å²) in [6, 6.07) is 12.3. The van der Waals surface area contributed by atoms with Crippen molar-refractivity contribution in [1.82, 2.24) is 4.98 Å². The maximum Gasteiger partial charge on any atom is 0.103 e. The third-order valence-electron chi connectivity index (χ3n) is 3.20. The van der Waals surface area contributed by atoms with Crippen molar-refractivity contribution in [3.8, 4) is 6.07 Å². The van der Waals surface area contributed by atoms with Crippen LogP contribution in [0.5, 0.6) is 0 Å². The maximum absolute atomic E-state index is 9.33. The predicted molar refractivity (Wildman–Crippen MR) is 84.7 cm³/mol. The van der Waals surface area contributed by atoms with Crippen molar-refractivity contribution in [3.63, 3.8) is 0 Å². The van der Waals surface area contributed by atoms with Crippen molar-refractivity contribution >= 4 is 21.6 Å². The molecule has 2 aromatic rings. The van der Waals surface area contributed by atoms with Gasteiger partial charge in [-0.05, 0) is 31.5 Å². The SMILES string of the molecule is Cc1cc(N(C)Cc2ccccc2Br)c(C#N)c(C)n1. The Bertz CT molecular complexity index is 674. The fourth-order valence-corrected chi connectivity index (χ4v) is 2.62. The lowest BCUT2D eigenvalue weighted by Gasteiger charge is -2.22. The highest BCUT2D eigenvalue weighted by Gasteiger charge is 2.13. The molecule has 20 heavy (non-hydrogen) atoms. The van der Waals surface area contributed by atoms with Gasteiger partial charge in [0, 0.05) is 23.8 Å². The quantitative estimate of drug-likeness (QED) is 0.855. The molecule has 0 fully saturated rings. The number of aromatic nitrogens is 1. The fraction of sp³-hybridized carbons (Fsp3) is 0.250. The first-order chi connectivity index (χ1) is 9.52. The summed E-state index contributed by atoms with van der Waals surface area (Å²) in [5.41, 5.74) is 4.46. The molecule has 0 bridgehead atoms. The Balaban J connectivity index is 2.37. The van der Waals surface area contributed by atoms with Crippen LogP contribution in [-0.4, -0.2) is 12.0 Å². The van der Waals surface area contributed by atoms with Gasteiger partial charge in [0.2, 0.25) is 0 Å². The van der Waals surface area contributed by atoms with E-state index in [-0.39, 0.29) is 0 Å². The lowest BCUT2D eigenvalue weighted by molar-refractivity contribution is 0.907. The van der Waals surface area contributed by atoms with Gasteiger partial charge in [0.05, 0.1) is 16.9 Å². The van der Waals surface area contributed by atoms with Crippen LogP contribution in [0.3, 0.4) is 0 Å². The van der Waals surface area contributed by atoms with Crippen molar-refractivity contribution in [2.45, 2.75) is 20.4 Å². The second-order valence-electron chi connectivity index (χ2n) is 4.80. The molecular formula is C16H16BrN3. The molecular weight excluding hydrogens is 314 g/mol. The summed E-state index contributed by atoms with van der Waals surface area (Å²) in [5.74, 6) is 0. The fourth-order valence-electron chi connectivity index (χ4n) is 2.21. The van der Waals surface area contributed by atoms with Gasteiger partial charge in [-0.15, -0.1) is 0 Å². The van der Waals surface area contributed by atoms with E-state index < -0.39 is 0 Å². The molecule has 102 valence electrons. The molecule has 0 N–H and O–H groups in total. The van der Waals surface area contributed by atoms with Crippen LogP contribution in [0.1, 0.15) is 22.5 Å². The molecule has 1 aromatic carbocycles. The van der Waals surface area contributed by atoms with Gasteiger partial charge >= 0.3 is 0 Å². The molecule has 2 rings (SSSR count). The number of nitriles is 1. The highest BCUT2D eigenvalue weighted by Crippen LogP contribution is 2.25. The van der Waals surface area contributed by atoms with Crippen LogP contribution in [0.2, 0.25) is 0 Å². The number of aryl methyl sites for hydroxylation is 2. The third kappa shape index (κ3) is 3.00. The van der Waals surface area contributed by atoms with E-state index in [0.29, 0.717) is 5.56 Å².